The number of anilines is 1. The van der Waals surface area contributed by atoms with Crippen LogP contribution in [-0.4, -0.2) is 40.0 Å². The average molecular weight is 278 g/mol. The maximum Gasteiger partial charge on any atom is 0.274 e. The first kappa shape index (κ1) is 14.9. The highest BCUT2D eigenvalue weighted by molar-refractivity contribution is 5.92. The molecule has 0 atom stereocenters. The molecule has 5 heteroatoms. The number of aromatic nitrogens is 2. The number of amides is 1. The molecule has 0 radical (unpaired) electrons. The zero-order valence-corrected chi connectivity index (χ0v) is 12.9. The Bertz CT molecular complexity index is 427. The highest BCUT2D eigenvalue weighted by Gasteiger charge is 2.22. The van der Waals surface area contributed by atoms with Crippen molar-refractivity contribution in [2.24, 2.45) is 5.92 Å². The number of aryl methyl sites for hydroxylation is 1. The largest absolute Gasteiger partial charge is 0.356 e. The molecule has 0 spiro atoms. The van der Waals surface area contributed by atoms with E-state index in [9.17, 15) is 4.79 Å². The molecule has 1 aromatic heterocycles. The van der Waals surface area contributed by atoms with Gasteiger partial charge >= 0.3 is 0 Å². The third-order valence-corrected chi connectivity index (χ3v) is 4.16. The molecule has 0 aromatic carbocycles. The summed E-state index contributed by atoms with van der Waals surface area (Å²) in [7, 11) is 0. The van der Waals surface area contributed by atoms with E-state index in [1.807, 2.05) is 22.6 Å². The summed E-state index contributed by atoms with van der Waals surface area (Å²) in [5.41, 5.74) is 0.571. The summed E-state index contributed by atoms with van der Waals surface area (Å²) in [6.45, 7) is 9.87. The Morgan fingerprint density at radius 2 is 2.20 bits per heavy atom. The molecule has 1 N–H and O–H groups in total. The van der Waals surface area contributed by atoms with Gasteiger partial charge in [-0.15, -0.1) is 0 Å². The molecule has 1 aliphatic heterocycles. The van der Waals surface area contributed by atoms with Crippen molar-refractivity contribution in [2.45, 2.75) is 46.6 Å². The van der Waals surface area contributed by atoms with Crippen LogP contribution >= 0.6 is 0 Å². The second-order valence-corrected chi connectivity index (χ2v) is 5.45. The molecular weight excluding hydrogens is 252 g/mol. The van der Waals surface area contributed by atoms with Crippen LogP contribution in [0.5, 0.6) is 0 Å². The number of imidazole rings is 1. The second-order valence-electron chi connectivity index (χ2n) is 5.45. The van der Waals surface area contributed by atoms with Crippen LogP contribution < -0.4 is 5.32 Å². The molecule has 1 aromatic rings. The lowest BCUT2D eigenvalue weighted by atomic mass is 10.0. The van der Waals surface area contributed by atoms with E-state index in [2.05, 4.69) is 24.1 Å². The van der Waals surface area contributed by atoms with Gasteiger partial charge in [-0.2, -0.15) is 0 Å². The van der Waals surface area contributed by atoms with Gasteiger partial charge in [0.15, 0.2) is 0 Å². The number of carbonyl (C=O) groups excluding carboxylic acids is 1. The van der Waals surface area contributed by atoms with Gasteiger partial charge < -0.3 is 14.8 Å². The SMILES string of the molecule is CCC(CC)CN(CC)C(=O)c1cn2c(n1)NCCC2. The van der Waals surface area contributed by atoms with Gasteiger partial charge in [-0.3, -0.25) is 4.79 Å². The standard InChI is InChI=1S/C15H26N4O/c1-4-12(5-2)10-18(6-3)14(20)13-11-19-9-7-8-16-15(19)17-13/h11-12H,4-10H2,1-3H3,(H,16,17). The second kappa shape index (κ2) is 6.77. The van der Waals surface area contributed by atoms with E-state index in [1.54, 1.807) is 0 Å². The Kier molecular flexibility index (Phi) is 5.04. The van der Waals surface area contributed by atoms with E-state index in [-0.39, 0.29) is 5.91 Å². The minimum absolute atomic E-state index is 0.0584. The molecule has 112 valence electrons. The van der Waals surface area contributed by atoms with Crippen molar-refractivity contribution in [1.29, 1.82) is 0 Å². The van der Waals surface area contributed by atoms with Gasteiger partial charge in [-0.25, -0.2) is 4.98 Å². The first-order chi connectivity index (χ1) is 9.69. The predicted molar refractivity (Wildman–Crippen MR) is 81.0 cm³/mol. The number of hydrogen-bond acceptors (Lipinski definition) is 3. The molecular formula is C15H26N4O. The van der Waals surface area contributed by atoms with Crippen LogP contribution in [0.15, 0.2) is 6.20 Å². The summed E-state index contributed by atoms with van der Waals surface area (Å²) in [5, 5.41) is 3.24. The Hall–Kier alpha value is -1.52. The summed E-state index contributed by atoms with van der Waals surface area (Å²) in [6.07, 6.45) is 5.20. The third-order valence-electron chi connectivity index (χ3n) is 4.16. The normalized spacial score (nSPS) is 14.0. The van der Waals surface area contributed by atoms with Crippen molar-refractivity contribution in [2.75, 3.05) is 25.0 Å². The zero-order valence-electron chi connectivity index (χ0n) is 12.9. The fourth-order valence-corrected chi connectivity index (χ4v) is 2.66. The summed E-state index contributed by atoms with van der Waals surface area (Å²) in [4.78, 5) is 18.9. The lowest BCUT2D eigenvalue weighted by Gasteiger charge is -2.24. The van der Waals surface area contributed by atoms with Gasteiger partial charge in [-0.05, 0) is 19.3 Å². The minimum atomic E-state index is 0.0584. The topological polar surface area (TPSA) is 50.2 Å². The van der Waals surface area contributed by atoms with Crippen LogP contribution in [0.25, 0.3) is 0 Å². The molecule has 2 rings (SSSR count). The van der Waals surface area contributed by atoms with Crippen molar-refractivity contribution in [1.82, 2.24) is 14.5 Å². The van der Waals surface area contributed by atoms with Crippen molar-refractivity contribution >= 4 is 11.9 Å². The fourth-order valence-electron chi connectivity index (χ4n) is 2.66. The van der Waals surface area contributed by atoms with Crippen LogP contribution in [0, 0.1) is 5.92 Å². The number of carbonyl (C=O) groups is 1. The fraction of sp³-hybridized carbons (Fsp3) is 0.733. The van der Waals surface area contributed by atoms with Gasteiger partial charge in [0.1, 0.15) is 5.69 Å². The van der Waals surface area contributed by atoms with Crippen molar-refractivity contribution < 1.29 is 4.79 Å². The van der Waals surface area contributed by atoms with E-state index in [4.69, 9.17) is 0 Å². The molecule has 1 aliphatic rings. The number of hydrogen-bond donors (Lipinski definition) is 1. The third kappa shape index (κ3) is 3.14. The first-order valence-electron chi connectivity index (χ1n) is 7.79. The van der Waals surface area contributed by atoms with E-state index in [0.717, 1.165) is 51.4 Å². The van der Waals surface area contributed by atoms with E-state index in [1.165, 1.54) is 0 Å². The van der Waals surface area contributed by atoms with Crippen LogP contribution in [0.4, 0.5) is 5.95 Å². The molecule has 0 fully saturated rings. The monoisotopic (exact) mass is 278 g/mol. The zero-order chi connectivity index (χ0) is 14.5. The molecule has 20 heavy (non-hydrogen) atoms. The predicted octanol–water partition coefficient (Wildman–Crippen LogP) is 2.60. The van der Waals surface area contributed by atoms with Crippen LogP contribution in [0.2, 0.25) is 0 Å². The van der Waals surface area contributed by atoms with Gasteiger partial charge in [0.05, 0.1) is 0 Å². The first-order valence-corrected chi connectivity index (χ1v) is 7.79. The van der Waals surface area contributed by atoms with E-state index in [0.29, 0.717) is 11.6 Å². The smallest absolute Gasteiger partial charge is 0.274 e. The highest BCUT2D eigenvalue weighted by Crippen LogP contribution is 2.17. The Morgan fingerprint density at radius 1 is 1.45 bits per heavy atom. The van der Waals surface area contributed by atoms with E-state index >= 15 is 0 Å². The molecule has 0 bridgehead atoms. The lowest BCUT2D eigenvalue weighted by Crippen LogP contribution is -2.35. The van der Waals surface area contributed by atoms with Crippen molar-refractivity contribution in [3.05, 3.63) is 11.9 Å². The van der Waals surface area contributed by atoms with Gasteiger partial charge in [0, 0.05) is 32.4 Å². The summed E-state index contributed by atoms with van der Waals surface area (Å²) < 4.78 is 2.04. The number of fused-ring (bicyclic) bond motifs is 1. The van der Waals surface area contributed by atoms with Gasteiger partial charge in [0.25, 0.3) is 5.91 Å². The Morgan fingerprint density at radius 3 is 2.80 bits per heavy atom. The molecule has 0 aliphatic carbocycles. The number of nitrogens with zero attached hydrogens (tertiary/aromatic N) is 3. The van der Waals surface area contributed by atoms with E-state index < -0.39 is 0 Å². The maximum atomic E-state index is 12.6. The molecule has 0 saturated carbocycles. The molecule has 0 saturated heterocycles. The summed E-state index contributed by atoms with van der Waals surface area (Å²) in [5.74, 6) is 1.47. The Labute approximate surface area is 121 Å². The summed E-state index contributed by atoms with van der Waals surface area (Å²) in [6, 6.07) is 0. The molecule has 2 heterocycles. The van der Waals surface area contributed by atoms with Crippen molar-refractivity contribution in [3.8, 4) is 0 Å². The number of rotatable bonds is 6. The maximum absolute atomic E-state index is 12.6. The number of nitrogens with one attached hydrogen (secondary N) is 1. The van der Waals surface area contributed by atoms with Crippen LogP contribution in [-0.2, 0) is 6.54 Å². The minimum Gasteiger partial charge on any atom is -0.356 e. The Balaban J connectivity index is 2.09. The molecule has 1 amide bonds. The summed E-state index contributed by atoms with van der Waals surface area (Å²) >= 11 is 0. The quantitative estimate of drug-likeness (QED) is 0.870. The average Bonchev–Trinajstić information content (AvgIpc) is 2.92. The van der Waals surface area contributed by atoms with Gasteiger partial charge in [-0.1, -0.05) is 26.7 Å². The van der Waals surface area contributed by atoms with Crippen LogP contribution in [0.1, 0.15) is 50.5 Å². The highest BCUT2D eigenvalue weighted by atomic mass is 16.2. The molecule has 5 nitrogen and oxygen atoms in total. The van der Waals surface area contributed by atoms with Gasteiger partial charge in [0.2, 0.25) is 5.95 Å². The lowest BCUT2D eigenvalue weighted by molar-refractivity contribution is 0.0729. The molecule has 0 unspecified atom stereocenters. The van der Waals surface area contributed by atoms with Crippen molar-refractivity contribution in [3.63, 3.8) is 0 Å². The van der Waals surface area contributed by atoms with Crippen LogP contribution in [0.3, 0.4) is 0 Å².